The molecule has 0 N–H and O–H groups in total. The van der Waals surface area contributed by atoms with Crippen molar-refractivity contribution >= 4 is 11.8 Å². The highest BCUT2D eigenvalue weighted by Crippen LogP contribution is 2.07. The fraction of sp³-hybridized carbons (Fsp3) is 1.00. The molecule has 0 amide bonds. The molecule has 0 aromatic rings. The molecule has 1 nitrogen and oxygen atoms in total. The first-order chi connectivity index (χ1) is 5.00. The number of hydrogen-bond acceptors (Lipinski definition) is 2. The highest BCUT2D eigenvalue weighted by Gasteiger charge is 1.95. The van der Waals surface area contributed by atoms with Crippen LogP contribution in [0.5, 0.6) is 0 Å². The summed E-state index contributed by atoms with van der Waals surface area (Å²) in [5, 5.41) is 0. The largest absolute Gasteiger partial charge is 0.371 e. The van der Waals surface area contributed by atoms with Crippen LogP contribution in [-0.2, 0) is 4.74 Å². The van der Waals surface area contributed by atoms with E-state index in [2.05, 4.69) is 0 Å². The molecule has 0 spiro atoms. The Hall–Kier alpha value is 0.310. The maximum absolute atomic E-state index is 5.03. The van der Waals surface area contributed by atoms with E-state index in [1.807, 2.05) is 39.5 Å². The molecule has 0 bridgehead atoms. The molecule has 0 saturated carbocycles. The standard InChI is InChI=1S/C4H8OS.2C2H6/c1-2-5-4-6-3-1;2*1-2/h1-4H2;2*1-2H3. The van der Waals surface area contributed by atoms with Gasteiger partial charge in [0.05, 0.1) is 5.94 Å². The molecule has 1 rings (SSSR count). The lowest BCUT2D eigenvalue weighted by Crippen LogP contribution is -2.01. The van der Waals surface area contributed by atoms with Gasteiger partial charge in [-0.2, -0.15) is 0 Å². The van der Waals surface area contributed by atoms with Crippen molar-refractivity contribution in [3.63, 3.8) is 0 Å². The van der Waals surface area contributed by atoms with Crippen LogP contribution in [0.15, 0.2) is 0 Å². The second kappa shape index (κ2) is 16.1. The van der Waals surface area contributed by atoms with E-state index in [0.29, 0.717) is 0 Å². The molecule has 2 heteroatoms. The Kier molecular flexibility index (Phi) is 20.9. The van der Waals surface area contributed by atoms with Crippen LogP contribution in [-0.4, -0.2) is 18.3 Å². The normalized spacial score (nSPS) is 15.6. The van der Waals surface area contributed by atoms with Gasteiger partial charge in [0, 0.05) is 6.61 Å². The van der Waals surface area contributed by atoms with Crippen molar-refractivity contribution in [2.45, 2.75) is 34.1 Å². The second-order valence-electron chi connectivity index (χ2n) is 1.29. The summed E-state index contributed by atoms with van der Waals surface area (Å²) in [5.74, 6) is 2.21. The summed E-state index contributed by atoms with van der Waals surface area (Å²) in [4.78, 5) is 0. The van der Waals surface area contributed by atoms with E-state index in [1.54, 1.807) is 0 Å². The summed E-state index contributed by atoms with van der Waals surface area (Å²) in [6.45, 7) is 8.98. The molecule has 10 heavy (non-hydrogen) atoms. The quantitative estimate of drug-likeness (QED) is 0.544. The monoisotopic (exact) mass is 164 g/mol. The molecule has 0 atom stereocenters. The molecule has 1 heterocycles. The van der Waals surface area contributed by atoms with Crippen molar-refractivity contribution in [3.8, 4) is 0 Å². The third kappa shape index (κ3) is 11.2. The van der Waals surface area contributed by atoms with Crippen LogP contribution >= 0.6 is 11.8 Å². The van der Waals surface area contributed by atoms with E-state index < -0.39 is 0 Å². The van der Waals surface area contributed by atoms with Crippen molar-refractivity contribution < 1.29 is 4.74 Å². The summed E-state index contributed by atoms with van der Waals surface area (Å²) >= 11 is 1.87. The minimum Gasteiger partial charge on any atom is -0.371 e. The van der Waals surface area contributed by atoms with Gasteiger partial charge in [0.2, 0.25) is 0 Å². The van der Waals surface area contributed by atoms with Gasteiger partial charge in [0.25, 0.3) is 0 Å². The van der Waals surface area contributed by atoms with Crippen LogP contribution in [0.25, 0.3) is 0 Å². The van der Waals surface area contributed by atoms with Gasteiger partial charge in [-0.1, -0.05) is 27.7 Å². The lowest BCUT2D eigenvalue weighted by molar-refractivity contribution is 0.176. The lowest BCUT2D eigenvalue weighted by Gasteiger charge is -2.07. The zero-order valence-corrected chi connectivity index (χ0v) is 8.46. The topological polar surface area (TPSA) is 9.23 Å². The van der Waals surface area contributed by atoms with E-state index in [4.69, 9.17) is 4.74 Å². The second-order valence-corrected chi connectivity index (χ2v) is 2.34. The van der Waals surface area contributed by atoms with Gasteiger partial charge in [-0.05, 0) is 12.2 Å². The third-order valence-corrected chi connectivity index (χ3v) is 1.65. The molecule has 1 aliphatic rings. The molecule has 0 aromatic carbocycles. The molecule has 1 fully saturated rings. The number of hydrogen-bond donors (Lipinski definition) is 0. The summed E-state index contributed by atoms with van der Waals surface area (Å²) in [7, 11) is 0. The average Bonchev–Trinajstić information content (AvgIpc) is 2.14. The third-order valence-electron chi connectivity index (χ3n) is 0.744. The van der Waals surface area contributed by atoms with E-state index in [0.717, 1.165) is 12.5 Å². The Balaban J connectivity index is 0. The van der Waals surface area contributed by atoms with Gasteiger partial charge in [0.1, 0.15) is 0 Å². The fourth-order valence-corrected chi connectivity index (χ4v) is 1.12. The van der Waals surface area contributed by atoms with Crippen molar-refractivity contribution in [3.05, 3.63) is 0 Å². The van der Waals surface area contributed by atoms with Gasteiger partial charge in [0.15, 0.2) is 0 Å². The molecule has 0 aromatic heterocycles. The Morgan fingerprint density at radius 3 is 1.80 bits per heavy atom. The molecule has 0 radical (unpaired) electrons. The molecular formula is C8H20OS. The first-order valence-corrected chi connectivity index (χ1v) is 5.31. The van der Waals surface area contributed by atoms with E-state index >= 15 is 0 Å². The van der Waals surface area contributed by atoms with Gasteiger partial charge >= 0.3 is 0 Å². The predicted octanol–water partition coefficient (Wildman–Crippen LogP) is 3.15. The van der Waals surface area contributed by atoms with Crippen molar-refractivity contribution in [1.29, 1.82) is 0 Å². The fourth-order valence-electron chi connectivity index (χ4n) is 0.440. The smallest absolute Gasteiger partial charge is 0.0920 e. The minimum atomic E-state index is 0.917. The first-order valence-electron chi connectivity index (χ1n) is 4.15. The van der Waals surface area contributed by atoms with E-state index in [9.17, 15) is 0 Å². The highest BCUT2D eigenvalue weighted by atomic mass is 32.2. The molecule has 1 saturated heterocycles. The molecular weight excluding hydrogens is 144 g/mol. The van der Waals surface area contributed by atoms with Crippen LogP contribution in [0.2, 0.25) is 0 Å². The lowest BCUT2D eigenvalue weighted by atomic mass is 10.5. The number of ether oxygens (including phenoxy) is 1. The molecule has 1 aliphatic heterocycles. The first kappa shape index (κ1) is 12.9. The summed E-state index contributed by atoms with van der Waals surface area (Å²) < 4.78 is 5.03. The Morgan fingerprint density at radius 1 is 1.10 bits per heavy atom. The maximum atomic E-state index is 5.03. The van der Waals surface area contributed by atoms with Crippen molar-refractivity contribution in [1.82, 2.24) is 0 Å². The summed E-state index contributed by atoms with van der Waals surface area (Å²) in [6, 6.07) is 0. The van der Waals surface area contributed by atoms with Gasteiger partial charge in [-0.3, -0.25) is 0 Å². The van der Waals surface area contributed by atoms with Crippen LogP contribution in [0.1, 0.15) is 34.1 Å². The van der Waals surface area contributed by atoms with Crippen LogP contribution in [0.3, 0.4) is 0 Å². The van der Waals surface area contributed by atoms with Gasteiger partial charge in [-0.25, -0.2) is 0 Å². The number of thioether (sulfide) groups is 1. The SMILES string of the molecule is C1COCSC1.CC.CC. The molecule has 0 aliphatic carbocycles. The Labute approximate surface area is 69.5 Å². The Bertz CT molecular complexity index is 24.7. The zero-order chi connectivity index (χ0) is 8.24. The predicted molar refractivity (Wildman–Crippen MR) is 50.6 cm³/mol. The van der Waals surface area contributed by atoms with Crippen LogP contribution in [0.4, 0.5) is 0 Å². The average molecular weight is 164 g/mol. The van der Waals surface area contributed by atoms with E-state index in [1.165, 1.54) is 12.2 Å². The summed E-state index contributed by atoms with van der Waals surface area (Å²) in [5.41, 5.74) is 0. The molecule has 64 valence electrons. The van der Waals surface area contributed by atoms with E-state index in [-0.39, 0.29) is 0 Å². The van der Waals surface area contributed by atoms with Crippen molar-refractivity contribution in [2.24, 2.45) is 0 Å². The van der Waals surface area contributed by atoms with Gasteiger partial charge < -0.3 is 4.74 Å². The molecule has 0 unspecified atom stereocenters. The van der Waals surface area contributed by atoms with Crippen LogP contribution < -0.4 is 0 Å². The number of rotatable bonds is 0. The van der Waals surface area contributed by atoms with Gasteiger partial charge in [-0.15, -0.1) is 11.8 Å². The maximum Gasteiger partial charge on any atom is 0.0920 e. The zero-order valence-electron chi connectivity index (χ0n) is 7.64. The minimum absolute atomic E-state index is 0.917. The van der Waals surface area contributed by atoms with Crippen molar-refractivity contribution in [2.75, 3.05) is 18.3 Å². The highest BCUT2D eigenvalue weighted by molar-refractivity contribution is 7.99. The Morgan fingerprint density at radius 2 is 1.70 bits per heavy atom. The summed E-state index contributed by atoms with van der Waals surface area (Å²) in [6.07, 6.45) is 1.24. The van der Waals surface area contributed by atoms with Crippen LogP contribution in [0, 0.1) is 0 Å².